The van der Waals surface area contributed by atoms with Gasteiger partial charge in [-0.05, 0) is 37.8 Å². The third kappa shape index (κ3) is 4.22. The van der Waals surface area contributed by atoms with E-state index in [-0.39, 0.29) is 0 Å². The Kier molecular flexibility index (Phi) is 5.86. The van der Waals surface area contributed by atoms with Crippen molar-refractivity contribution in [3.63, 3.8) is 0 Å². The summed E-state index contributed by atoms with van der Waals surface area (Å²) in [7, 11) is 0. The summed E-state index contributed by atoms with van der Waals surface area (Å²) in [6, 6.07) is 0. The number of hydrogen-bond donors (Lipinski definition) is 0. The molecule has 0 amide bonds. The van der Waals surface area contributed by atoms with Crippen LogP contribution in [-0.4, -0.2) is 6.21 Å². The van der Waals surface area contributed by atoms with Crippen molar-refractivity contribution in [1.29, 1.82) is 0 Å². The Morgan fingerprint density at radius 3 is 2.21 bits per heavy atom. The molecular formula is C13H21N. The average Bonchev–Trinajstić information content (AvgIpc) is 2.16. The monoisotopic (exact) mass is 191 g/mol. The molecule has 14 heavy (non-hydrogen) atoms. The van der Waals surface area contributed by atoms with Crippen LogP contribution in [0.3, 0.4) is 0 Å². The molecule has 0 aromatic carbocycles. The fourth-order valence-corrected chi connectivity index (χ4v) is 0.972. The second-order valence-electron chi connectivity index (χ2n) is 3.73. The maximum Gasteiger partial charge on any atom is 0.0680 e. The van der Waals surface area contributed by atoms with E-state index >= 15 is 0 Å². The van der Waals surface area contributed by atoms with Crippen molar-refractivity contribution in [3.8, 4) is 0 Å². The maximum absolute atomic E-state index is 4.48. The predicted octanol–water partition coefficient (Wildman–Crippen LogP) is 4.14. The molecule has 0 N–H and O–H groups in total. The maximum atomic E-state index is 4.48. The molecule has 1 nitrogen and oxygen atoms in total. The quantitative estimate of drug-likeness (QED) is 0.468. The van der Waals surface area contributed by atoms with Crippen LogP contribution in [0.1, 0.15) is 34.6 Å². The van der Waals surface area contributed by atoms with Gasteiger partial charge >= 0.3 is 0 Å². The SMILES string of the molecule is C=C/C(C)=C(N=CC(C)C)\C(C)=C/C. The van der Waals surface area contributed by atoms with Crippen LogP contribution in [0, 0.1) is 5.92 Å². The van der Waals surface area contributed by atoms with Gasteiger partial charge in [0.1, 0.15) is 0 Å². The van der Waals surface area contributed by atoms with Gasteiger partial charge in [0, 0.05) is 6.21 Å². The summed E-state index contributed by atoms with van der Waals surface area (Å²) in [6.45, 7) is 14.1. The number of allylic oxidation sites excluding steroid dienone is 4. The minimum Gasteiger partial charge on any atom is -0.260 e. The van der Waals surface area contributed by atoms with Crippen molar-refractivity contribution in [2.45, 2.75) is 34.6 Å². The van der Waals surface area contributed by atoms with Gasteiger partial charge in [-0.25, -0.2) is 0 Å². The molecule has 0 aromatic heterocycles. The standard InChI is InChI=1S/C13H21N/c1-7-11(5)13(12(6)8-2)14-9-10(3)4/h7-10H,1H2,2-6H3/b12-8-,13-11+,14-9?. The highest BCUT2D eigenvalue weighted by atomic mass is 14.7. The normalized spacial score (nSPS) is 14.9. The first-order valence-corrected chi connectivity index (χ1v) is 5.03. The zero-order chi connectivity index (χ0) is 11.1. The summed E-state index contributed by atoms with van der Waals surface area (Å²) in [6.07, 6.45) is 5.88. The second kappa shape index (κ2) is 6.36. The van der Waals surface area contributed by atoms with E-state index in [9.17, 15) is 0 Å². The van der Waals surface area contributed by atoms with Gasteiger partial charge in [0.15, 0.2) is 0 Å². The number of rotatable bonds is 4. The minimum atomic E-state index is 0.479. The van der Waals surface area contributed by atoms with Crippen molar-refractivity contribution in [2.75, 3.05) is 0 Å². The third-order valence-electron chi connectivity index (χ3n) is 1.99. The molecule has 0 fully saturated rings. The third-order valence-corrected chi connectivity index (χ3v) is 1.99. The van der Waals surface area contributed by atoms with Gasteiger partial charge in [0.2, 0.25) is 0 Å². The van der Waals surface area contributed by atoms with E-state index in [0.29, 0.717) is 5.92 Å². The van der Waals surface area contributed by atoms with Crippen LogP contribution in [0.25, 0.3) is 0 Å². The first-order valence-electron chi connectivity index (χ1n) is 5.03. The molecule has 0 aliphatic heterocycles. The largest absolute Gasteiger partial charge is 0.260 e. The van der Waals surface area contributed by atoms with E-state index in [1.807, 2.05) is 26.1 Å². The lowest BCUT2D eigenvalue weighted by atomic mass is 10.1. The summed E-state index contributed by atoms with van der Waals surface area (Å²) in [5, 5.41) is 0. The van der Waals surface area contributed by atoms with Crippen LogP contribution in [0.4, 0.5) is 0 Å². The van der Waals surface area contributed by atoms with Crippen LogP contribution in [0.2, 0.25) is 0 Å². The Bertz CT molecular complexity index is 278. The van der Waals surface area contributed by atoms with Gasteiger partial charge in [-0.1, -0.05) is 32.6 Å². The lowest BCUT2D eigenvalue weighted by molar-refractivity contribution is 0.904. The van der Waals surface area contributed by atoms with Crippen molar-refractivity contribution in [1.82, 2.24) is 0 Å². The molecule has 0 rings (SSSR count). The molecule has 0 aliphatic rings. The average molecular weight is 191 g/mol. The van der Waals surface area contributed by atoms with Crippen molar-refractivity contribution in [2.24, 2.45) is 10.9 Å². The Morgan fingerprint density at radius 1 is 1.29 bits per heavy atom. The molecule has 0 aliphatic carbocycles. The lowest BCUT2D eigenvalue weighted by Gasteiger charge is -2.05. The first-order chi connectivity index (χ1) is 6.52. The minimum absolute atomic E-state index is 0.479. The lowest BCUT2D eigenvalue weighted by Crippen LogP contribution is -1.92. The summed E-state index contributed by atoms with van der Waals surface area (Å²) in [5.41, 5.74) is 3.35. The van der Waals surface area contributed by atoms with Gasteiger partial charge < -0.3 is 0 Å². The molecule has 0 spiro atoms. The van der Waals surface area contributed by atoms with E-state index in [2.05, 4.69) is 38.4 Å². The smallest absolute Gasteiger partial charge is 0.0680 e. The topological polar surface area (TPSA) is 12.4 Å². The highest BCUT2D eigenvalue weighted by molar-refractivity contribution is 5.63. The van der Waals surface area contributed by atoms with Crippen LogP contribution in [0.15, 0.2) is 40.6 Å². The summed E-state index contributed by atoms with van der Waals surface area (Å²) < 4.78 is 0. The highest BCUT2D eigenvalue weighted by Gasteiger charge is 1.99. The summed E-state index contributed by atoms with van der Waals surface area (Å²) >= 11 is 0. The van der Waals surface area contributed by atoms with E-state index in [4.69, 9.17) is 0 Å². The Balaban J connectivity index is 5.04. The zero-order valence-electron chi connectivity index (χ0n) is 9.96. The Morgan fingerprint density at radius 2 is 1.86 bits per heavy atom. The van der Waals surface area contributed by atoms with Crippen LogP contribution in [0.5, 0.6) is 0 Å². The first kappa shape index (κ1) is 12.9. The van der Waals surface area contributed by atoms with Gasteiger partial charge in [-0.2, -0.15) is 0 Å². The molecular weight excluding hydrogens is 170 g/mol. The predicted molar refractivity (Wildman–Crippen MR) is 65.7 cm³/mol. The van der Waals surface area contributed by atoms with Crippen LogP contribution < -0.4 is 0 Å². The van der Waals surface area contributed by atoms with Crippen LogP contribution >= 0.6 is 0 Å². The van der Waals surface area contributed by atoms with E-state index in [1.54, 1.807) is 0 Å². The Labute approximate surface area is 87.9 Å². The van der Waals surface area contributed by atoms with Crippen LogP contribution in [-0.2, 0) is 0 Å². The highest BCUT2D eigenvalue weighted by Crippen LogP contribution is 2.16. The molecule has 0 bridgehead atoms. The van der Waals surface area contributed by atoms with Gasteiger partial charge in [-0.3, -0.25) is 4.99 Å². The molecule has 0 heterocycles. The fourth-order valence-electron chi connectivity index (χ4n) is 0.972. The van der Waals surface area contributed by atoms with Gasteiger partial charge in [0.25, 0.3) is 0 Å². The molecule has 0 atom stereocenters. The second-order valence-corrected chi connectivity index (χ2v) is 3.73. The van der Waals surface area contributed by atoms with Crippen molar-refractivity contribution in [3.05, 3.63) is 35.6 Å². The van der Waals surface area contributed by atoms with E-state index in [1.165, 1.54) is 5.57 Å². The van der Waals surface area contributed by atoms with E-state index in [0.717, 1.165) is 11.3 Å². The molecule has 1 heteroatoms. The number of nitrogens with zero attached hydrogens (tertiary/aromatic N) is 1. The zero-order valence-corrected chi connectivity index (χ0v) is 9.96. The summed E-state index contributed by atoms with van der Waals surface area (Å²) in [4.78, 5) is 4.48. The number of hydrogen-bond acceptors (Lipinski definition) is 1. The Hall–Kier alpha value is -1.11. The molecule has 0 saturated carbocycles. The molecule has 0 saturated heterocycles. The molecule has 0 radical (unpaired) electrons. The van der Waals surface area contributed by atoms with Gasteiger partial charge in [0.05, 0.1) is 5.70 Å². The molecule has 0 aromatic rings. The summed E-state index contributed by atoms with van der Waals surface area (Å²) in [5.74, 6) is 0.479. The van der Waals surface area contributed by atoms with Gasteiger partial charge in [-0.15, -0.1) is 0 Å². The van der Waals surface area contributed by atoms with E-state index < -0.39 is 0 Å². The number of aliphatic imine (C=N–C) groups is 1. The van der Waals surface area contributed by atoms with Crippen molar-refractivity contribution < 1.29 is 0 Å². The molecule has 0 unspecified atom stereocenters. The van der Waals surface area contributed by atoms with Crippen molar-refractivity contribution >= 4 is 6.21 Å². The fraction of sp³-hybridized carbons (Fsp3) is 0.462. The molecule has 78 valence electrons.